The Morgan fingerprint density at radius 1 is 1.26 bits per heavy atom. The van der Waals surface area contributed by atoms with E-state index in [0.29, 0.717) is 11.7 Å². The highest BCUT2D eigenvalue weighted by molar-refractivity contribution is 5.74. The molecule has 0 radical (unpaired) electrons. The van der Waals surface area contributed by atoms with E-state index in [1.807, 2.05) is 24.3 Å². The minimum absolute atomic E-state index is 0. The molecule has 0 amide bonds. The van der Waals surface area contributed by atoms with E-state index >= 15 is 0 Å². The molecule has 0 bridgehead atoms. The largest absolute Gasteiger partial charge is 1.00 e. The summed E-state index contributed by atoms with van der Waals surface area (Å²) >= 11 is 0. The zero-order chi connectivity index (χ0) is 15.1. The lowest BCUT2D eigenvalue weighted by atomic mass is 10.3. The Balaban J connectivity index is 0.00000156. The normalized spacial score (nSPS) is 10.8. The van der Waals surface area contributed by atoms with Gasteiger partial charge in [-0.2, -0.15) is 9.08 Å². The Kier molecular flexibility index (Phi) is 3.62. The van der Waals surface area contributed by atoms with Crippen molar-refractivity contribution in [2.75, 3.05) is 0 Å². The number of hydrogen-bond donors (Lipinski definition) is 1. The molecule has 4 rings (SSSR count). The van der Waals surface area contributed by atoms with Crippen molar-refractivity contribution in [2.45, 2.75) is 6.54 Å². The Hall–Kier alpha value is -3.07. The molecular formula is C13H10ClN7O2. The third kappa shape index (κ3) is 2.46. The van der Waals surface area contributed by atoms with E-state index in [-0.39, 0.29) is 19.0 Å². The van der Waals surface area contributed by atoms with Gasteiger partial charge in [-0.25, -0.2) is 14.3 Å². The van der Waals surface area contributed by atoms with Gasteiger partial charge in [0.25, 0.3) is 12.1 Å². The van der Waals surface area contributed by atoms with Crippen LogP contribution in [0.25, 0.3) is 22.8 Å². The van der Waals surface area contributed by atoms with Crippen molar-refractivity contribution in [1.82, 2.24) is 29.4 Å². The summed E-state index contributed by atoms with van der Waals surface area (Å²) in [6.45, 7) is -0.145. The van der Waals surface area contributed by atoms with E-state index in [9.17, 15) is 4.79 Å². The van der Waals surface area contributed by atoms with Gasteiger partial charge in [-0.05, 0) is 12.1 Å². The summed E-state index contributed by atoms with van der Waals surface area (Å²) in [6.07, 6.45) is 4.90. The summed E-state index contributed by atoms with van der Waals surface area (Å²) < 4.78 is 4.84. The van der Waals surface area contributed by atoms with Crippen molar-refractivity contribution in [3.8, 4) is 5.95 Å². The molecule has 0 aliphatic carbocycles. The third-order valence-electron chi connectivity index (χ3n) is 3.26. The van der Waals surface area contributed by atoms with Gasteiger partial charge in [0.05, 0.1) is 6.20 Å². The van der Waals surface area contributed by atoms with Crippen LogP contribution in [0.2, 0.25) is 0 Å². The van der Waals surface area contributed by atoms with E-state index < -0.39 is 5.97 Å². The number of carbonyl (C=O) groups is 1. The van der Waals surface area contributed by atoms with E-state index in [2.05, 4.69) is 20.3 Å². The van der Waals surface area contributed by atoms with Crippen LogP contribution >= 0.6 is 0 Å². The first kappa shape index (κ1) is 14.9. The molecule has 9 nitrogen and oxygen atoms in total. The van der Waals surface area contributed by atoms with Crippen molar-refractivity contribution in [3.05, 3.63) is 43.0 Å². The van der Waals surface area contributed by atoms with Gasteiger partial charge in [-0.1, -0.05) is 17.2 Å². The van der Waals surface area contributed by atoms with Gasteiger partial charge in [0.15, 0.2) is 17.6 Å². The van der Waals surface area contributed by atoms with Crippen molar-refractivity contribution in [2.24, 2.45) is 0 Å². The number of aliphatic carboxylic acids is 1. The zero-order valence-corrected chi connectivity index (χ0v) is 12.4. The number of nitrogens with zero attached hydrogens (tertiary/aromatic N) is 7. The van der Waals surface area contributed by atoms with Crippen LogP contribution in [0.15, 0.2) is 43.0 Å². The molecule has 0 saturated heterocycles. The Bertz CT molecular complexity index is 1010. The predicted molar refractivity (Wildman–Crippen MR) is 73.2 cm³/mol. The smallest absolute Gasteiger partial charge is 0.363 e. The molecule has 3 aromatic heterocycles. The molecule has 1 N–H and O–H groups in total. The van der Waals surface area contributed by atoms with Gasteiger partial charge in [0, 0.05) is 6.20 Å². The number of fused-ring (bicyclic) bond motifs is 2. The zero-order valence-electron chi connectivity index (χ0n) is 11.6. The van der Waals surface area contributed by atoms with Gasteiger partial charge < -0.3 is 17.5 Å². The van der Waals surface area contributed by atoms with Crippen molar-refractivity contribution >= 4 is 22.8 Å². The van der Waals surface area contributed by atoms with Crippen LogP contribution in [0.4, 0.5) is 0 Å². The number of halogens is 1. The van der Waals surface area contributed by atoms with Crippen LogP contribution in [0.1, 0.15) is 0 Å². The fourth-order valence-electron chi connectivity index (χ4n) is 2.35. The molecule has 116 valence electrons. The number of carboxylic acid groups (broad SMARTS) is 1. The number of rotatable bonds is 3. The Labute approximate surface area is 135 Å². The Morgan fingerprint density at radius 3 is 2.91 bits per heavy atom. The van der Waals surface area contributed by atoms with Crippen LogP contribution in [-0.4, -0.2) is 40.4 Å². The van der Waals surface area contributed by atoms with Crippen LogP contribution in [0, 0.1) is 0 Å². The third-order valence-corrected chi connectivity index (χ3v) is 3.26. The highest BCUT2D eigenvalue weighted by Crippen LogP contribution is 2.13. The average molecular weight is 332 g/mol. The lowest BCUT2D eigenvalue weighted by Gasteiger charge is -1.94. The highest BCUT2D eigenvalue weighted by atomic mass is 35.5. The molecule has 0 fully saturated rings. The second-order valence-corrected chi connectivity index (χ2v) is 4.67. The quantitative estimate of drug-likeness (QED) is 0.398. The SMILES string of the molecule is O=C(O)C[n+]1cn(-c2nnc3nccn3n2)c2ccccc21.[Cl-]. The topological polar surface area (TPSA) is 102 Å². The van der Waals surface area contributed by atoms with Gasteiger partial charge in [-0.15, -0.1) is 10.2 Å². The summed E-state index contributed by atoms with van der Waals surface area (Å²) in [6, 6.07) is 7.43. The maximum absolute atomic E-state index is 11.0. The second kappa shape index (κ2) is 5.61. The minimum atomic E-state index is -0.919. The van der Waals surface area contributed by atoms with Crippen LogP contribution in [0.3, 0.4) is 0 Å². The summed E-state index contributed by atoms with van der Waals surface area (Å²) in [5.74, 6) is -0.179. The van der Waals surface area contributed by atoms with Crippen molar-refractivity contribution in [1.29, 1.82) is 0 Å². The maximum atomic E-state index is 11.0. The molecule has 23 heavy (non-hydrogen) atoms. The van der Waals surface area contributed by atoms with E-state index in [1.165, 1.54) is 4.52 Å². The average Bonchev–Trinajstić information content (AvgIpc) is 3.11. The molecule has 0 atom stereocenters. The van der Waals surface area contributed by atoms with E-state index in [0.717, 1.165) is 11.0 Å². The molecule has 1 aromatic carbocycles. The fraction of sp³-hybridized carbons (Fsp3) is 0.0769. The molecule has 0 unspecified atom stereocenters. The van der Waals surface area contributed by atoms with Crippen molar-refractivity contribution in [3.63, 3.8) is 0 Å². The summed E-state index contributed by atoms with van der Waals surface area (Å²) in [5.41, 5.74) is 1.57. The van der Waals surface area contributed by atoms with Gasteiger partial charge in [0.1, 0.15) is 0 Å². The monoisotopic (exact) mass is 331 g/mol. The number of aromatic nitrogens is 7. The van der Waals surface area contributed by atoms with Crippen LogP contribution in [0.5, 0.6) is 0 Å². The molecule has 4 aromatic rings. The first-order valence-electron chi connectivity index (χ1n) is 6.48. The minimum Gasteiger partial charge on any atom is -1.00 e. The summed E-state index contributed by atoms with van der Waals surface area (Å²) in [4.78, 5) is 15.0. The number of para-hydroxylation sites is 2. The molecule has 10 heteroatoms. The summed E-state index contributed by atoms with van der Waals surface area (Å²) in [7, 11) is 0. The number of imidazole rings is 2. The highest BCUT2D eigenvalue weighted by Gasteiger charge is 2.21. The first-order valence-corrected chi connectivity index (χ1v) is 6.48. The van der Waals surface area contributed by atoms with Crippen LogP contribution < -0.4 is 17.0 Å². The first-order chi connectivity index (χ1) is 10.7. The molecule has 0 spiro atoms. The lowest BCUT2D eigenvalue weighted by molar-refractivity contribution is -0.660. The predicted octanol–water partition coefficient (Wildman–Crippen LogP) is -3.16. The van der Waals surface area contributed by atoms with Gasteiger partial charge >= 0.3 is 11.9 Å². The standard InChI is InChI=1S/C13H9N7O2.ClH/c21-11(22)7-18-8-19(10-4-2-1-3-9(10)18)13-16-15-12-14-5-6-20(12)17-13;/h1-6,8H,7H2;1H. The number of carboxylic acids is 1. The molecule has 0 aliphatic heterocycles. The van der Waals surface area contributed by atoms with Gasteiger partial charge in [-0.3, -0.25) is 0 Å². The molecular weight excluding hydrogens is 322 g/mol. The number of hydrogen-bond acceptors (Lipinski definition) is 5. The van der Waals surface area contributed by atoms with E-state index in [1.54, 1.807) is 27.9 Å². The second-order valence-electron chi connectivity index (χ2n) is 4.67. The van der Waals surface area contributed by atoms with Crippen LogP contribution in [-0.2, 0) is 11.3 Å². The number of benzene rings is 1. The molecule has 3 heterocycles. The van der Waals surface area contributed by atoms with Crippen molar-refractivity contribution < 1.29 is 26.9 Å². The van der Waals surface area contributed by atoms with Gasteiger partial charge in [0.2, 0.25) is 0 Å². The Morgan fingerprint density at radius 2 is 2.09 bits per heavy atom. The maximum Gasteiger partial charge on any atom is 0.363 e. The molecule has 0 saturated carbocycles. The lowest BCUT2D eigenvalue weighted by Crippen LogP contribution is -3.00. The van der Waals surface area contributed by atoms with E-state index in [4.69, 9.17) is 5.11 Å². The fourth-order valence-corrected chi connectivity index (χ4v) is 2.35. The summed E-state index contributed by atoms with van der Waals surface area (Å²) in [5, 5.41) is 21.4. The molecule has 0 aliphatic rings.